The molecule has 0 aliphatic heterocycles. The van der Waals surface area contributed by atoms with E-state index in [1.54, 1.807) is 0 Å². The highest BCUT2D eigenvalue weighted by Gasteiger charge is 2.10. The van der Waals surface area contributed by atoms with Gasteiger partial charge in [0.25, 0.3) is 0 Å². The van der Waals surface area contributed by atoms with Gasteiger partial charge >= 0.3 is 0 Å². The average molecular weight is 287 g/mol. The van der Waals surface area contributed by atoms with Gasteiger partial charge in [-0.15, -0.1) is 0 Å². The summed E-state index contributed by atoms with van der Waals surface area (Å²) in [6.07, 6.45) is 4.15. The van der Waals surface area contributed by atoms with Crippen LogP contribution in [0, 0.1) is 0 Å². The van der Waals surface area contributed by atoms with Gasteiger partial charge in [0.15, 0.2) is 0 Å². The third kappa shape index (κ3) is 4.08. The number of ether oxygens (including phenoxy) is 2. The summed E-state index contributed by atoms with van der Waals surface area (Å²) in [5, 5.41) is 0. The van der Waals surface area contributed by atoms with Crippen LogP contribution in [0.25, 0.3) is 0 Å². The molecule has 2 rings (SSSR count). The zero-order valence-corrected chi connectivity index (χ0v) is 12.5. The average Bonchev–Trinajstić information content (AvgIpc) is 2.50. The number of nitrogens with zero attached hydrogens (tertiary/aromatic N) is 2. The van der Waals surface area contributed by atoms with Crippen molar-refractivity contribution in [2.75, 3.05) is 12.3 Å². The van der Waals surface area contributed by atoms with E-state index in [1.165, 1.54) is 6.33 Å². The molecule has 0 spiro atoms. The predicted octanol–water partition coefficient (Wildman–Crippen LogP) is 3.59. The lowest BCUT2D eigenvalue weighted by Crippen LogP contribution is -2.02. The molecule has 0 unspecified atom stereocenters. The van der Waals surface area contributed by atoms with Crippen LogP contribution in [0.3, 0.4) is 0 Å². The Balaban J connectivity index is 2.12. The number of nitrogens with two attached hydrogens (primary N) is 1. The first-order valence-corrected chi connectivity index (χ1v) is 7.24. The minimum Gasteiger partial charge on any atom is -0.494 e. The lowest BCUT2D eigenvalue weighted by molar-refractivity contribution is 0.317. The molecule has 5 nitrogen and oxygen atoms in total. The van der Waals surface area contributed by atoms with E-state index in [-0.39, 0.29) is 0 Å². The quantitative estimate of drug-likeness (QED) is 0.842. The second-order valence-electron chi connectivity index (χ2n) is 4.71. The smallest absolute Gasteiger partial charge is 0.227 e. The molecule has 21 heavy (non-hydrogen) atoms. The summed E-state index contributed by atoms with van der Waals surface area (Å²) in [4.78, 5) is 8.20. The number of hydrogen-bond acceptors (Lipinski definition) is 5. The Labute approximate surface area is 125 Å². The second-order valence-corrected chi connectivity index (χ2v) is 4.71. The van der Waals surface area contributed by atoms with E-state index in [0.29, 0.717) is 24.1 Å². The molecule has 1 aromatic carbocycles. The molecule has 2 N–H and O–H groups in total. The maximum atomic E-state index is 5.89. The van der Waals surface area contributed by atoms with Crippen molar-refractivity contribution >= 4 is 5.82 Å². The lowest BCUT2D eigenvalue weighted by Gasteiger charge is -2.11. The van der Waals surface area contributed by atoms with Gasteiger partial charge in [0.1, 0.15) is 23.6 Å². The van der Waals surface area contributed by atoms with Crippen LogP contribution >= 0.6 is 0 Å². The zero-order chi connectivity index (χ0) is 15.1. The normalized spacial score (nSPS) is 10.4. The molecular formula is C16H21N3O2. The van der Waals surface area contributed by atoms with Crippen LogP contribution in [0.1, 0.15) is 32.3 Å². The third-order valence-corrected chi connectivity index (χ3v) is 2.95. The summed E-state index contributed by atoms with van der Waals surface area (Å²) in [5.74, 6) is 2.53. The minimum atomic E-state index is 0.477. The number of benzene rings is 1. The molecule has 0 saturated heterocycles. The van der Waals surface area contributed by atoms with Crippen LogP contribution in [0.15, 0.2) is 30.6 Å². The SMILES string of the molecule is CCCOc1ccc(Oc2ncnc(N)c2CCC)cc1. The Bertz CT molecular complexity index is 570. The summed E-state index contributed by atoms with van der Waals surface area (Å²) in [7, 11) is 0. The molecule has 0 atom stereocenters. The molecule has 0 amide bonds. The van der Waals surface area contributed by atoms with Crippen molar-refractivity contribution in [1.82, 2.24) is 9.97 Å². The second kappa shape index (κ2) is 7.47. The Morgan fingerprint density at radius 1 is 1.00 bits per heavy atom. The van der Waals surface area contributed by atoms with Crippen molar-refractivity contribution < 1.29 is 9.47 Å². The molecule has 1 heterocycles. The molecule has 0 saturated carbocycles. The third-order valence-electron chi connectivity index (χ3n) is 2.95. The van der Waals surface area contributed by atoms with Gasteiger partial charge in [-0.3, -0.25) is 0 Å². The number of aromatic nitrogens is 2. The van der Waals surface area contributed by atoms with Crippen molar-refractivity contribution in [3.05, 3.63) is 36.2 Å². The molecule has 2 aromatic rings. The van der Waals surface area contributed by atoms with E-state index < -0.39 is 0 Å². The molecule has 0 bridgehead atoms. The van der Waals surface area contributed by atoms with Crippen molar-refractivity contribution in [1.29, 1.82) is 0 Å². The first-order valence-electron chi connectivity index (χ1n) is 7.24. The van der Waals surface area contributed by atoms with Gasteiger partial charge in [-0.1, -0.05) is 20.3 Å². The Morgan fingerprint density at radius 2 is 1.71 bits per heavy atom. The molecule has 0 aliphatic carbocycles. The van der Waals surface area contributed by atoms with Gasteiger partial charge in [0, 0.05) is 0 Å². The highest BCUT2D eigenvalue weighted by Crippen LogP contribution is 2.27. The summed E-state index contributed by atoms with van der Waals surface area (Å²) < 4.78 is 11.4. The van der Waals surface area contributed by atoms with Crippen molar-refractivity contribution in [2.45, 2.75) is 33.1 Å². The van der Waals surface area contributed by atoms with Gasteiger partial charge < -0.3 is 15.2 Å². The van der Waals surface area contributed by atoms with Gasteiger partial charge in [-0.05, 0) is 37.1 Å². The van der Waals surface area contributed by atoms with E-state index in [4.69, 9.17) is 15.2 Å². The molecule has 0 radical (unpaired) electrons. The fraction of sp³-hybridized carbons (Fsp3) is 0.375. The van der Waals surface area contributed by atoms with E-state index in [0.717, 1.165) is 30.6 Å². The van der Waals surface area contributed by atoms with E-state index in [9.17, 15) is 0 Å². The Hall–Kier alpha value is -2.30. The highest BCUT2D eigenvalue weighted by atomic mass is 16.5. The maximum absolute atomic E-state index is 5.89. The first-order chi connectivity index (χ1) is 10.2. The zero-order valence-electron chi connectivity index (χ0n) is 12.5. The molecular weight excluding hydrogens is 266 g/mol. The van der Waals surface area contributed by atoms with Gasteiger partial charge in [-0.2, -0.15) is 0 Å². The maximum Gasteiger partial charge on any atom is 0.227 e. The van der Waals surface area contributed by atoms with Crippen molar-refractivity contribution in [2.24, 2.45) is 0 Å². The fourth-order valence-electron chi connectivity index (χ4n) is 1.92. The number of anilines is 1. The van der Waals surface area contributed by atoms with E-state index in [2.05, 4.69) is 23.8 Å². The summed E-state index contributed by atoms with van der Waals surface area (Å²) in [5.41, 5.74) is 6.74. The predicted molar refractivity (Wildman–Crippen MR) is 82.7 cm³/mol. The van der Waals surface area contributed by atoms with Crippen molar-refractivity contribution in [3.63, 3.8) is 0 Å². The number of hydrogen-bond donors (Lipinski definition) is 1. The van der Waals surface area contributed by atoms with Crippen LogP contribution in [0.4, 0.5) is 5.82 Å². The van der Waals surface area contributed by atoms with Crippen LogP contribution in [-0.2, 0) is 6.42 Å². The monoisotopic (exact) mass is 287 g/mol. The van der Waals surface area contributed by atoms with Gasteiger partial charge in [-0.25, -0.2) is 9.97 Å². The van der Waals surface area contributed by atoms with Crippen LogP contribution in [0.2, 0.25) is 0 Å². The summed E-state index contributed by atoms with van der Waals surface area (Å²) >= 11 is 0. The van der Waals surface area contributed by atoms with Crippen molar-refractivity contribution in [3.8, 4) is 17.4 Å². The number of nitrogen functional groups attached to an aromatic ring is 1. The Morgan fingerprint density at radius 3 is 2.38 bits per heavy atom. The fourth-order valence-corrected chi connectivity index (χ4v) is 1.92. The van der Waals surface area contributed by atoms with Crippen LogP contribution in [0.5, 0.6) is 17.4 Å². The molecule has 5 heteroatoms. The van der Waals surface area contributed by atoms with Crippen LogP contribution < -0.4 is 15.2 Å². The molecule has 0 aliphatic rings. The van der Waals surface area contributed by atoms with E-state index >= 15 is 0 Å². The van der Waals surface area contributed by atoms with Crippen LogP contribution in [-0.4, -0.2) is 16.6 Å². The minimum absolute atomic E-state index is 0.477. The standard InChI is InChI=1S/C16H21N3O2/c1-3-5-14-15(17)18-11-19-16(14)21-13-8-6-12(7-9-13)20-10-4-2/h6-9,11H,3-5,10H2,1-2H3,(H2,17,18,19). The summed E-state index contributed by atoms with van der Waals surface area (Å²) in [6, 6.07) is 7.49. The first kappa shape index (κ1) is 15.1. The van der Waals surface area contributed by atoms with E-state index in [1.807, 2.05) is 24.3 Å². The van der Waals surface area contributed by atoms with Gasteiger partial charge in [0.2, 0.25) is 5.88 Å². The Kier molecular flexibility index (Phi) is 5.37. The molecule has 1 aromatic heterocycles. The topological polar surface area (TPSA) is 70.3 Å². The highest BCUT2D eigenvalue weighted by molar-refractivity contribution is 5.46. The summed E-state index contributed by atoms with van der Waals surface area (Å²) in [6.45, 7) is 4.87. The molecule has 0 fully saturated rings. The van der Waals surface area contributed by atoms with Gasteiger partial charge in [0.05, 0.1) is 12.2 Å². The largest absolute Gasteiger partial charge is 0.494 e. The lowest BCUT2D eigenvalue weighted by atomic mass is 10.2. The molecule has 112 valence electrons. The number of rotatable bonds is 7.